The molecule has 174 valence electrons. The van der Waals surface area contributed by atoms with Gasteiger partial charge in [0.15, 0.2) is 5.82 Å². The third-order valence-corrected chi connectivity index (χ3v) is 9.43. The van der Waals surface area contributed by atoms with Crippen LogP contribution >= 0.6 is 10.6 Å². The molecule has 3 aromatic rings. The van der Waals surface area contributed by atoms with Gasteiger partial charge in [0, 0.05) is 17.4 Å². The summed E-state index contributed by atoms with van der Waals surface area (Å²) in [5, 5.41) is 2.24. The Morgan fingerprint density at radius 3 is 2.88 bits per heavy atom. The van der Waals surface area contributed by atoms with Crippen molar-refractivity contribution in [1.29, 1.82) is 0 Å². The van der Waals surface area contributed by atoms with E-state index in [1.54, 1.807) is 19.9 Å². The van der Waals surface area contributed by atoms with Gasteiger partial charge in [-0.1, -0.05) is 0 Å². The number of halogens is 1. The van der Waals surface area contributed by atoms with E-state index < -0.39 is 31.9 Å². The fourth-order valence-electron chi connectivity index (χ4n) is 4.33. The van der Waals surface area contributed by atoms with E-state index in [0.29, 0.717) is 22.5 Å². The number of aliphatic imine (C=N–C) groups is 1. The SMILES string of the molecule is CC1(C)C(N)=N[C@@]2(c3cc(Nc4nccc5[nH]c(=O)cnc45)ccc3F)COC[C@H]2S1(O)O. The first-order valence-corrected chi connectivity index (χ1v) is 11.8. The molecule has 1 aromatic carbocycles. The lowest BCUT2D eigenvalue weighted by Crippen LogP contribution is -2.57. The number of nitrogens with one attached hydrogen (secondary N) is 2. The molecule has 0 spiro atoms. The van der Waals surface area contributed by atoms with Gasteiger partial charge in [-0.25, -0.2) is 14.4 Å². The summed E-state index contributed by atoms with van der Waals surface area (Å²) in [6, 6.07) is 5.94. The summed E-state index contributed by atoms with van der Waals surface area (Å²) in [5.74, 6) is -0.183. The van der Waals surface area contributed by atoms with E-state index in [4.69, 9.17) is 10.5 Å². The molecule has 0 radical (unpaired) electrons. The molecule has 2 atom stereocenters. The van der Waals surface area contributed by atoms with E-state index in [1.165, 1.54) is 24.4 Å². The van der Waals surface area contributed by atoms with Crippen molar-refractivity contribution in [3.05, 3.63) is 58.4 Å². The number of nitrogens with two attached hydrogens (primary N) is 1. The molecule has 33 heavy (non-hydrogen) atoms. The fraction of sp³-hybridized carbons (Fsp3) is 0.333. The lowest BCUT2D eigenvalue weighted by molar-refractivity contribution is 0.178. The Morgan fingerprint density at radius 1 is 1.30 bits per heavy atom. The summed E-state index contributed by atoms with van der Waals surface area (Å²) >= 11 is 0. The Morgan fingerprint density at radius 2 is 2.09 bits per heavy atom. The molecule has 2 aliphatic heterocycles. The Kier molecular flexibility index (Phi) is 4.76. The van der Waals surface area contributed by atoms with Crippen LogP contribution in [0.4, 0.5) is 15.9 Å². The standard InChI is InChI=1S/C21H23FN6O4S/c1-20(2)19(23)28-21(10-32-9-15(21)33(20,30)31)12-7-11(3-4-13(12)22)26-18-17-14(5-6-24-18)27-16(29)8-25-17/h3-8,15,30-31H,9-10H2,1-2H3,(H2,23,28)(H,24,26)(H,27,29)/t15-,21-/m1/s1. The highest BCUT2D eigenvalue weighted by Crippen LogP contribution is 2.66. The van der Waals surface area contributed by atoms with Gasteiger partial charge in [0.05, 0.1) is 24.9 Å². The molecule has 6 N–H and O–H groups in total. The quantitative estimate of drug-likeness (QED) is 0.387. The van der Waals surface area contributed by atoms with Crippen LogP contribution in [0.1, 0.15) is 19.4 Å². The summed E-state index contributed by atoms with van der Waals surface area (Å²) in [5.41, 5.74) is 5.96. The highest BCUT2D eigenvalue weighted by atomic mass is 32.3. The minimum atomic E-state index is -3.34. The number of benzene rings is 1. The number of H-pyrrole nitrogens is 1. The van der Waals surface area contributed by atoms with Crippen molar-refractivity contribution in [1.82, 2.24) is 15.0 Å². The molecule has 0 aliphatic carbocycles. The second-order valence-corrected chi connectivity index (χ2v) is 11.4. The van der Waals surface area contributed by atoms with E-state index >= 15 is 4.39 Å². The van der Waals surface area contributed by atoms with Crippen LogP contribution in [0.15, 0.2) is 46.4 Å². The summed E-state index contributed by atoms with van der Waals surface area (Å²) in [4.78, 5) is 27.3. The molecule has 4 heterocycles. The molecule has 5 rings (SSSR count). The third-order valence-electron chi connectivity index (χ3n) is 6.40. The van der Waals surface area contributed by atoms with Crippen LogP contribution < -0.4 is 16.6 Å². The third kappa shape index (κ3) is 3.13. The van der Waals surface area contributed by atoms with Crippen molar-refractivity contribution in [2.24, 2.45) is 10.7 Å². The van der Waals surface area contributed by atoms with Gasteiger partial charge in [-0.2, -0.15) is 10.6 Å². The summed E-state index contributed by atoms with van der Waals surface area (Å²) in [6.45, 7) is 3.20. The van der Waals surface area contributed by atoms with Gasteiger partial charge in [-0.15, -0.1) is 0 Å². The zero-order valence-electron chi connectivity index (χ0n) is 17.9. The number of hydrogen-bond donors (Lipinski definition) is 5. The van der Waals surface area contributed by atoms with Gasteiger partial charge in [0.1, 0.15) is 32.7 Å². The highest BCUT2D eigenvalue weighted by molar-refractivity contribution is 8.26. The van der Waals surface area contributed by atoms with Gasteiger partial charge < -0.3 is 20.8 Å². The number of nitrogens with zero attached hydrogens (tertiary/aromatic N) is 3. The Labute approximate surface area is 189 Å². The smallest absolute Gasteiger partial charge is 0.266 e. The molecule has 1 saturated heterocycles. The maximum absolute atomic E-state index is 15.2. The average Bonchev–Trinajstić information content (AvgIpc) is 3.19. The van der Waals surface area contributed by atoms with Crippen LogP contribution in [0, 0.1) is 5.82 Å². The number of anilines is 2. The van der Waals surface area contributed by atoms with Gasteiger partial charge >= 0.3 is 0 Å². The van der Waals surface area contributed by atoms with Crippen molar-refractivity contribution in [2.75, 3.05) is 18.5 Å². The van der Waals surface area contributed by atoms with E-state index in [0.717, 1.165) is 6.20 Å². The van der Waals surface area contributed by atoms with Gasteiger partial charge in [0.2, 0.25) is 0 Å². The highest BCUT2D eigenvalue weighted by Gasteiger charge is 2.61. The van der Waals surface area contributed by atoms with Crippen LogP contribution in [-0.4, -0.2) is 53.1 Å². The number of ether oxygens (including phenoxy) is 1. The minimum absolute atomic E-state index is 0.0157. The van der Waals surface area contributed by atoms with Crippen LogP contribution in [0.2, 0.25) is 0 Å². The molecule has 2 aromatic heterocycles. The zero-order valence-corrected chi connectivity index (χ0v) is 18.7. The van der Waals surface area contributed by atoms with Crippen LogP contribution in [0.3, 0.4) is 0 Å². The molecular formula is C21H23FN6O4S. The van der Waals surface area contributed by atoms with Crippen LogP contribution in [-0.2, 0) is 10.3 Å². The summed E-state index contributed by atoms with van der Waals surface area (Å²) in [7, 11) is -3.34. The predicted molar refractivity (Wildman–Crippen MR) is 125 cm³/mol. The Bertz CT molecular complexity index is 1360. The molecule has 0 bridgehead atoms. The van der Waals surface area contributed by atoms with Crippen molar-refractivity contribution in [3.8, 4) is 0 Å². The number of aromatic amines is 1. The average molecular weight is 475 g/mol. The molecule has 1 fully saturated rings. The topological polar surface area (TPSA) is 159 Å². The second kappa shape index (κ2) is 7.22. The van der Waals surface area contributed by atoms with Crippen molar-refractivity contribution < 1.29 is 18.2 Å². The minimum Gasteiger partial charge on any atom is -0.386 e. The summed E-state index contributed by atoms with van der Waals surface area (Å²) in [6.07, 6.45) is 2.66. The van der Waals surface area contributed by atoms with E-state index in [2.05, 4.69) is 25.3 Å². The predicted octanol–water partition coefficient (Wildman–Crippen LogP) is 2.69. The molecule has 0 unspecified atom stereocenters. The number of pyridine rings is 1. The van der Waals surface area contributed by atoms with E-state index in [-0.39, 0.29) is 30.2 Å². The molecule has 2 aliphatic rings. The summed E-state index contributed by atoms with van der Waals surface area (Å²) < 4.78 is 41.8. The molecule has 10 nitrogen and oxygen atoms in total. The lowest BCUT2D eigenvalue weighted by atomic mass is 9.87. The van der Waals surface area contributed by atoms with Gasteiger partial charge in [-0.05, 0) is 38.1 Å². The normalized spacial score (nSPS) is 26.5. The first-order valence-electron chi connectivity index (χ1n) is 10.2. The Balaban J connectivity index is 1.62. The van der Waals surface area contributed by atoms with Crippen molar-refractivity contribution in [3.63, 3.8) is 0 Å². The number of hydrogen-bond acceptors (Lipinski definition) is 9. The van der Waals surface area contributed by atoms with E-state index in [1.807, 2.05) is 0 Å². The van der Waals surface area contributed by atoms with Gasteiger partial charge in [0.25, 0.3) is 5.56 Å². The molecular weight excluding hydrogens is 451 g/mol. The number of aromatic nitrogens is 3. The molecule has 12 heteroatoms. The number of fused-ring (bicyclic) bond motifs is 2. The van der Waals surface area contributed by atoms with Crippen LogP contribution in [0.5, 0.6) is 0 Å². The fourth-order valence-corrected chi connectivity index (χ4v) is 6.47. The van der Waals surface area contributed by atoms with Crippen molar-refractivity contribution in [2.45, 2.75) is 29.4 Å². The molecule has 0 amide bonds. The van der Waals surface area contributed by atoms with Crippen molar-refractivity contribution >= 4 is 39.0 Å². The second-order valence-electron chi connectivity index (χ2n) is 8.65. The van der Waals surface area contributed by atoms with Crippen LogP contribution in [0.25, 0.3) is 11.0 Å². The number of rotatable bonds is 3. The Hall–Kier alpha value is -3.06. The zero-order chi connectivity index (χ0) is 23.6. The van der Waals surface area contributed by atoms with Gasteiger partial charge in [-0.3, -0.25) is 18.9 Å². The monoisotopic (exact) mass is 474 g/mol. The maximum atomic E-state index is 15.2. The lowest BCUT2D eigenvalue weighted by Gasteiger charge is -2.56. The first kappa shape index (κ1) is 21.8. The first-order chi connectivity index (χ1) is 15.6. The molecule has 0 saturated carbocycles. The number of amidine groups is 1. The van der Waals surface area contributed by atoms with E-state index in [9.17, 15) is 13.9 Å². The largest absolute Gasteiger partial charge is 0.386 e. The maximum Gasteiger partial charge on any atom is 0.266 e.